The van der Waals surface area contributed by atoms with Crippen LogP contribution in [0.3, 0.4) is 0 Å². The lowest BCUT2D eigenvalue weighted by Gasteiger charge is -2.40. The standard InChI is InChI=1S/C12H21NO3/c1-4-13(8-9(2)3)10(14)12(11(15)16)6-5-7-12/h9H,4-8H2,1-3H3,(H,15,16). The molecule has 4 heteroatoms. The summed E-state index contributed by atoms with van der Waals surface area (Å²) in [6, 6.07) is 0. The lowest BCUT2D eigenvalue weighted by molar-refractivity contribution is -0.167. The molecule has 0 aliphatic heterocycles. The second kappa shape index (κ2) is 4.85. The number of nitrogens with zero attached hydrogens (tertiary/aromatic N) is 1. The number of rotatable bonds is 5. The van der Waals surface area contributed by atoms with Gasteiger partial charge in [0.15, 0.2) is 0 Å². The highest BCUT2D eigenvalue weighted by Crippen LogP contribution is 2.42. The Morgan fingerprint density at radius 3 is 2.19 bits per heavy atom. The van der Waals surface area contributed by atoms with Gasteiger partial charge in [0.05, 0.1) is 0 Å². The van der Waals surface area contributed by atoms with Crippen molar-refractivity contribution >= 4 is 11.9 Å². The molecule has 0 aromatic rings. The van der Waals surface area contributed by atoms with Crippen molar-refractivity contribution in [3.63, 3.8) is 0 Å². The number of carboxylic acid groups (broad SMARTS) is 1. The van der Waals surface area contributed by atoms with Gasteiger partial charge in [0.25, 0.3) is 0 Å². The van der Waals surface area contributed by atoms with E-state index in [1.54, 1.807) is 4.90 Å². The summed E-state index contributed by atoms with van der Waals surface area (Å²) in [5.74, 6) is -0.775. The van der Waals surface area contributed by atoms with Crippen LogP contribution in [0, 0.1) is 11.3 Å². The van der Waals surface area contributed by atoms with Gasteiger partial charge in [-0.15, -0.1) is 0 Å². The average Bonchev–Trinajstić information content (AvgIpc) is 2.10. The third-order valence-corrected chi connectivity index (χ3v) is 3.28. The summed E-state index contributed by atoms with van der Waals surface area (Å²) in [4.78, 5) is 25.1. The molecule has 1 N–H and O–H groups in total. The van der Waals surface area contributed by atoms with Crippen molar-refractivity contribution in [1.82, 2.24) is 4.90 Å². The number of aliphatic carboxylic acids is 1. The van der Waals surface area contributed by atoms with Gasteiger partial charge >= 0.3 is 5.97 Å². The van der Waals surface area contributed by atoms with Crippen molar-refractivity contribution in [3.8, 4) is 0 Å². The summed E-state index contributed by atoms with van der Waals surface area (Å²) in [6.07, 6.45) is 1.84. The second-order valence-corrected chi connectivity index (χ2v) is 4.98. The van der Waals surface area contributed by atoms with Crippen LogP contribution < -0.4 is 0 Å². The fourth-order valence-corrected chi connectivity index (χ4v) is 2.15. The zero-order valence-electron chi connectivity index (χ0n) is 10.3. The maximum absolute atomic E-state index is 12.2. The first-order chi connectivity index (χ1) is 7.44. The van der Waals surface area contributed by atoms with Gasteiger partial charge in [-0.2, -0.15) is 0 Å². The summed E-state index contributed by atoms with van der Waals surface area (Å²) in [7, 11) is 0. The molecule has 92 valence electrons. The molecule has 1 aliphatic carbocycles. The highest BCUT2D eigenvalue weighted by atomic mass is 16.4. The molecular formula is C12H21NO3. The molecule has 0 unspecified atom stereocenters. The van der Waals surface area contributed by atoms with E-state index < -0.39 is 11.4 Å². The first-order valence-corrected chi connectivity index (χ1v) is 5.97. The van der Waals surface area contributed by atoms with Crippen molar-refractivity contribution in [2.75, 3.05) is 13.1 Å². The smallest absolute Gasteiger partial charge is 0.319 e. The van der Waals surface area contributed by atoms with Crippen molar-refractivity contribution in [3.05, 3.63) is 0 Å². The summed E-state index contributed by atoms with van der Waals surface area (Å²) >= 11 is 0. The van der Waals surface area contributed by atoms with Gasteiger partial charge in [-0.25, -0.2) is 0 Å². The van der Waals surface area contributed by atoms with Gasteiger partial charge in [0.1, 0.15) is 5.41 Å². The molecule has 1 amide bonds. The number of amides is 1. The summed E-state index contributed by atoms with van der Waals surface area (Å²) in [5.41, 5.74) is -1.11. The van der Waals surface area contributed by atoms with Crippen LogP contribution in [0.2, 0.25) is 0 Å². The van der Waals surface area contributed by atoms with Crippen LogP contribution in [0.4, 0.5) is 0 Å². The number of hydrogen-bond donors (Lipinski definition) is 1. The normalized spacial score (nSPS) is 18.0. The third-order valence-electron chi connectivity index (χ3n) is 3.28. The Hall–Kier alpha value is -1.06. The van der Waals surface area contributed by atoms with E-state index in [4.69, 9.17) is 0 Å². The molecule has 0 aromatic heterocycles. The number of carbonyl (C=O) groups excluding carboxylic acids is 1. The van der Waals surface area contributed by atoms with Gasteiger partial charge < -0.3 is 10.0 Å². The fourth-order valence-electron chi connectivity index (χ4n) is 2.15. The summed E-state index contributed by atoms with van der Waals surface area (Å²) in [6.45, 7) is 7.19. The van der Waals surface area contributed by atoms with Gasteiger partial charge in [0, 0.05) is 13.1 Å². The number of carboxylic acids is 1. The van der Waals surface area contributed by atoms with E-state index in [0.29, 0.717) is 31.8 Å². The van der Waals surface area contributed by atoms with E-state index in [2.05, 4.69) is 0 Å². The second-order valence-electron chi connectivity index (χ2n) is 4.98. The molecule has 1 aliphatic rings. The van der Waals surface area contributed by atoms with E-state index in [1.807, 2.05) is 20.8 Å². The molecule has 1 fully saturated rings. The zero-order valence-corrected chi connectivity index (χ0v) is 10.3. The monoisotopic (exact) mass is 227 g/mol. The lowest BCUT2D eigenvalue weighted by Crippen LogP contribution is -2.53. The maximum Gasteiger partial charge on any atom is 0.319 e. The summed E-state index contributed by atoms with van der Waals surface area (Å²) in [5, 5.41) is 9.19. The average molecular weight is 227 g/mol. The first-order valence-electron chi connectivity index (χ1n) is 5.97. The minimum atomic E-state index is -1.11. The molecule has 0 radical (unpaired) electrons. The van der Waals surface area contributed by atoms with Gasteiger partial charge in [0.2, 0.25) is 5.91 Å². The SMILES string of the molecule is CCN(CC(C)C)C(=O)C1(C(=O)O)CCC1. The molecule has 0 saturated heterocycles. The van der Waals surface area contributed by atoms with Gasteiger partial charge in [-0.3, -0.25) is 9.59 Å². The fraction of sp³-hybridized carbons (Fsp3) is 0.833. The Morgan fingerprint density at radius 2 is 1.94 bits per heavy atom. The van der Waals surface area contributed by atoms with Crippen molar-refractivity contribution in [2.24, 2.45) is 11.3 Å². The highest BCUT2D eigenvalue weighted by Gasteiger charge is 2.52. The first kappa shape index (κ1) is 13.0. The Kier molecular flexibility index (Phi) is 3.94. The van der Waals surface area contributed by atoms with Crippen LogP contribution >= 0.6 is 0 Å². The Balaban J connectivity index is 2.77. The van der Waals surface area contributed by atoms with Crippen molar-refractivity contribution < 1.29 is 14.7 Å². The molecule has 1 saturated carbocycles. The van der Waals surface area contributed by atoms with E-state index in [-0.39, 0.29) is 5.91 Å². The molecule has 4 nitrogen and oxygen atoms in total. The van der Waals surface area contributed by atoms with Crippen LogP contribution in [0.5, 0.6) is 0 Å². The Bertz CT molecular complexity index is 282. The summed E-state index contributed by atoms with van der Waals surface area (Å²) < 4.78 is 0. The van der Waals surface area contributed by atoms with E-state index in [1.165, 1.54) is 0 Å². The van der Waals surface area contributed by atoms with Gasteiger partial charge in [-0.05, 0) is 25.7 Å². The Morgan fingerprint density at radius 1 is 1.38 bits per heavy atom. The molecule has 0 atom stereocenters. The van der Waals surface area contributed by atoms with E-state index >= 15 is 0 Å². The van der Waals surface area contributed by atoms with Crippen molar-refractivity contribution in [1.29, 1.82) is 0 Å². The Labute approximate surface area is 96.6 Å². The molecule has 16 heavy (non-hydrogen) atoms. The maximum atomic E-state index is 12.2. The van der Waals surface area contributed by atoms with Crippen molar-refractivity contribution in [2.45, 2.75) is 40.0 Å². The molecule has 1 rings (SSSR count). The quantitative estimate of drug-likeness (QED) is 0.728. The van der Waals surface area contributed by atoms with Crippen LogP contribution in [0.25, 0.3) is 0 Å². The predicted molar refractivity (Wildman–Crippen MR) is 61.0 cm³/mol. The molecule has 0 bridgehead atoms. The van der Waals surface area contributed by atoms with Gasteiger partial charge in [-0.1, -0.05) is 20.3 Å². The number of carbonyl (C=O) groups is 2. The van der Waals surface area contributed by atoms with E-state index in [0.717, 1.165) is 6.42 Å². The highest BCUT2D eigenvalue weighted by molar-refractivity contribution is 6.02. The predicted octanol–water partition coefficient (Wildman–Crippen LogP) is 1.75. The molecule has 0 heterocycles. The van der Waals surface area contributed by atoms with Crippen LogP contribution in [-0.2, 0) is 9.59 Å². The van der Waals surface area contributed by atoms with Crippen LogP contribution in [0.1, 0.15) is 40.0 Å². The lowest BCUT2D eigenvalue weighted by atomic mass is 9.67. The molecular weight excluding hydrogens is 206 g/mol. The third kappa shape index (κ3) is 2.20. The van der Waals surface area contributed by atoms with E-state index in [9.17, 15) is 14.7 Å². The van der Waals surface area contributed by atoms with Crippen LogP contribution in [-0.4, -0.2) is 35.0 Å². The number of hydrogen-bond acceptors (Lipinski definition) is 2. The minimum Gasteiger partial charge on any atom is -0.480 e. The topological polar surface area (TPSA) is 57.6 Å². The minimum absolute atomic E-state index is 0.192. The zero-order chi connectivity index (χ0) is 12.3. The largest absolute Gasteiger partial charge is 0.480 e. The van der Waals surface area contributed by atoms with Crippen LogP contribution in [0.15, 0.2) is 0 Å². The molecule has 0 spiro atoms. The molecule has 0 aromatic carbocycles.